The molecule has 2 rings (SSSR count). The van der Waals surface area contributed by atoms with Gasteiger partial charge in [-0.1, -0.05) is 11.6 Å². The molecule has 1 aliphatic heterocycles. The summed E-state index contributed by atoms with van der Waals surface area (Å²) in [7, 11) is 0. The predicted octanol–water partition coefficient (Wildman–Crippen LogP) is 2.74. The molecule has 9 heteroatoms. The molecule has 0 spiro atoms. The summed E-state index contributed by atoms with van der Waals surface area (Å²) in [5.41, 5.74) is 0. The molecule has 1 amide bonds. The quantitative estimate of drug-likeness (QED) is 0.908. The summed E-state index contributed by atoms with van der Waals surface area (Å²) in [6.07, 6.45) is -4.65. The van der Waals surface area contributed by atoms with Crippen molar-refractivity contribution in [2.24, 2.45) is 11.8 Å². The van der Waals surface area contributed by atoms with Crippen LogP contribution >= 0.6 is 22.9 Å². The van der Waals surface area contributed by atoms with Crippen molar-refractivity contribution in [2.45, 2.75) is 6.18 Å². The van der Waals surface area contributed by atoms with Crippen molar-refractivity contribution in [1.82, 2.24) is 4.90 Å². The van der Waals surface area contributed by atoms with Crippen LogP contribution < -0.4 is 0 Å². The van der Waals surface area contributed by atoms with Gasteiger partial charge >= 0.3 is 12.1 Å². The number of hydrogen-bond donors (Lipinski definition) is 1. The smallest absolute Gasteiger partial charge is 0.394 e. The lowest BCUT2D eigenvalue weighted by atomic mass is 9.96. The van der Waals surface area contributed by atoms with E-state index in [4.69, 9.17) is 16.7 Å². The van der Waals surface area contributed by atoms with Gasteiger partial charge in [0.05, 0.1) is 21.0 Å². The van der Waals surface area contributed by atoms with Gasteiger partial charge in [-0.15, -0.1) is 11.3 Å². The number of carboxylic acids is 1. The number of amides is 1. The fourth-order valence-electron chi connectivity index (χ4n) is 2.14. The fraction of sp³-hybridized carbons (Fsp3) is 0.455. The molecule has 0 aromatic carbocycles. The molecule has 1 aliphatic rings. The van der Waals surface area contributed by atoms with Crippen molar-refractivity contribution in [3.8, 4) is 0 Å². The molecule has 0 saturated carbocycles. The van der Waals surface area contributed by atoms with Crippen LogP contribution in [-0.4, -0.2) is 41.1 Å². The third-order valence-corrected chi connectivity index (χ3v) is 4.35. The lowest BCUT2D eigenvalue weighted by Gasteiger charge is -2.18. The van der Waals surface area contributed by atoms with Gasteiger partial charge in [0.25, 0.3) is 5.91 Å². The van der Waals surface area contributed by atoms with E-state index in [1.54, 1.807) is 0 Å². The van der Waals surface area contributed by atoms with E-state index in [-0.39, 0.29) is 4.88 Å². The number of hydrogen-bond acceptors (Lipinski definition) is 3. The van der Waals surface area contributed by atoms with Crippen molar-refractivity contribution in [3.63, 3.8) is 0 Å². The largest absolute Gasteiger partial charge is 0.481 e. The first kappa shape index (κ1) is 15.1. The Hall–Kier alpha value is -1.28. The van der Waals surface area contributed by atoms with E-state index in [2.05, 4.69) is 0 Å². The van der Waals surface area contributed by atoms with E-state index in [0.29, 0.717) is 4.34 Å². The standard InChI is InChI=1S/C11H9ClF3NO3S/c12-8-2-1-7(20-8)9(17)16-3-5(10(18)19)6(4-16)11(13,14)15/h1-2,5-6H,3-4H2,(H,18,19)/t5-,6-/m1/s1. The van der Waals surface area contributed by atoms with Gasteiger partial charge in [-0.25, -0.2) is 0 Å². The molecule has 1 aromatic rings. The molecule has 2 heterocycles. The highest BCUT2D eigenvalue weighted by atomic mass is 35.5. The molecule has 1 aromatic heterocycles. The Kier molecular flexibility index (Phi) is 3.97. The topological polar surface area (TPSA) is 57.6 Å². The molecule has 1 N–H and O–H groups in total. The summed E-state index contributed by atoms with van der Waals surface area (Å²) >= 11 is 6.61. The van der Waals surface area contributed by atoms with E-state index >= 15 is 0 Å². The van der Waals surface area contributed by atoms with Crippen molar-refractivity contribution in [2.75, 3.05) is 13.1 Å². The Morgan fingerprint density at radius 3 is 2.40 bits per heavy atom. The number of likely N-dealkylation sites (tertiary alicyclic amines) is 1. The van der Waals surface area contributed by atoms with Crippen molar-refractivity contribution in [1.29, 1.82) is 0 Å². The second-order valence-electron chi connectivity index (χ2n) is 4.41. The summed E-state index contributed by atoms with van der Waals surface area (Å²) in [6.45, 7) is -1.09. The maximum atomic E-state index is 12.8. The van der Waals surface area contributed by atoms with Crippen LogP contribution in [0.5, 0.6) is 0 Å². The summed E-state index contributed by atoms with van der Waals surface area (Å²) in [4.78, 5) is 24.0. The highest BCUT2D eigenvalue weighted by Crippen LogP contribution is 2.38. The Morgan fingerprint density at radius 1 is 1.35 bits per heavy atom. The average molecular weight is 328 g/mol. The fourth-order valence-corrected chi connectivity index (χ4v) is 3.15. The summed E-state index contributed by atoms with van der Waals surface area (Å²) in [6, 6.07) is 2.87. The van der Waals surface area contributed by atoms with Crippen LogP contribution in [0.1, 0.15) is 9.67 Å². The van der Waals surface area contributed by atoms with E-state index in [0.717, 1.165) is 16.2 Å². The van der Waals surface area contributed by atoms with Crippen LogP contribution in [0.15, 0.2) is 12.1 Å². The van der Waals surface area contributed by atoms with Gasteiger partial charge in [0.15, 0.2) is 0 Å². The van der Waals surface area contributed by atoms with Crippen LogP contribution in [0.4, 0.5) is 13.2 Å². The van der Waals surface area contributed by atoms with Gasteiger partial charge in [0.1, 0.15) is 0 Å². The van der Waals surface area contributed by atoms with Crippen molar-refractivity contribution >= 4 is 34.8 Å². The van der Waals surface area contributed by atoms with Crippen LogP contribution in [0.2, 0.25) is 4.34 Å². The molecular formula is C11H9ClF3NO3S. The third-order valence-electron chi connectivity index (χ3n) is 3.13. The van der Waals surface area contributed by atoms with Crippen LogP contribution in [-0.2, 0) is 4.79 Å². The minimum absolute atomic E-state index is 0.196. The van der Waals surface area contributed by atoms with Gasteiger partial charge in [-0.05, 0) is 12.1 Å². The van der Waals surface area contributed by atoms with Gasteiger partial charge in [-0.2, -0.15) is 13.2 Å². The van der Waals surface area contributed by atoms with Crippen molar-refractivity contribution < 1.29 is 27.9 Å². The number of carbonyl (C=O) groups excluding carboxylic acids is 1. The molecule has 2 atom stereocenters. The molecule has 1 saturated heterocycles. The zero-order valence-corrected chi connectivity index (χ0v) is 11.4. The number of nitrogens with zero attached hydrogens (tertiary/aromatic N) is 1. The number of carbonyl (C=O) groups is 2. The molecule has 0 radical (unpaired) electrons. The van der Waals surface area contributed by atoms with Crippen LogP contribution in [0.3, 0.4) is 0 Å². The molecule has 20 heavy (non-hydrogen) atoms. The maximum Gasteiger partial charge on any atom is 0.394 e. The molecule has 0 aliphatic carbocycles. The Balaban J connectivity index is 2.20. The van der Waals surface area contributed by atoms with Gasteiger partial charge in [-0.3, -0.25) is 9.59 Å². The zero-order valence-electron chi connectivity index (χ0n) is 9.85. The summed E-state index contributed by atoms with van der Waals surface area (Å²) in [5.74, 6) is -5.85. The average Bonchev–Trinajstić information content (AvgIpc) is 2.93. The van der Waals surface area contributed by atoms with E-state index < -0.39 is 43.0 Å². The molecule has 1 fully saturated rings. The van der Waals surface area contributed by atoms with Gasteiger partial charge < -0.3 is 10.0 Å². The molecule has 0 bridgehead atoms. The molecule has 110 valence electrons. The second-order valence-corrected chi connectivity index (χ2v) is 6.12. The Labute approximate surface area is 120 Å². The number of halogens is 4. The van der Waals surface area contributed by atoms with Crippen LogP contribution in [0, 0.1) is 11.8 Å². The predicted molar refractivity (Wildman–Crippen MR) is 65.9 cm³/mol. The Morgan fingerprint density at radius 2 is 2.00 bits per heavy atom. The second kappa shape index (κ2) is 5.25. The van der Waals surface area contributed by atoms with Gasteiger partial charge in [0, 0.05) is 13.1 Å². The highest BCUT2D eigenvalue weighted by molar-refractivity contribution is 7.17. The lowest BCUT2D eigenvalue weighted by Crippen LogP contribution is -2.34. The minimum atomic E-state index is -4.65. The Bertz CT molecular complexity index is 545. The first-order valence-corrected chi connectivity index (χ1v) is 6.73. The SMILES string of the molecule is O=C(O)[C@@H]1CN(C(=O)c2ccc(Cl)s2)C[C@H]1C(F)(F)F. The first-order valence-electron chi connectivity index (χ1n) is 5.54. The van der Waals surface area contributed by atoms with E-state index in [1.807, 2.05) is 0 Å². The van der Waals surface area contributed by atoms with E-state index in [9.17, 15) is 22.8 Å². The highest BCUT2D eigenvalue weighted by Gasteiger charge is 2.53. The first-order chi connectivity index (χ1) is 9.20. The molecular weight excluding hydrogens is 319 g/mol. The lowest BCUT2D eigenvalue weighted by molar-refractivity contribution is -0.187. The number of aliphatic carboxylic acids is 1. The molecule has 0 unspecified atom stereocenters. The zero-order chi connectivity index (χ0) is 15.1. The van der Waals surface area contributed by atoms with Gasteiger partial charge in [0.2, 0.25) is 0 Å². The third kappa shape index (κ3) is 2.90. The number of carboxylic acid groups (broad SMARTS) is 1. The van der Waals surface area contributed by atoms with Crippen molar-refractivity contribution in [3.05, 3.63) is 21.3 Å². The minimum Gasteiger partial charge on any atom is -0.481 e. The normalized spacial score (nSPS) is 23.1. The number of thiophene rings is 1. The summed E-state index contributed by atoms with van der Waals surface area (Å²) < 4.78 is 38.7. The number of alkyl halides is 3. The summed E-state index contributed by atoms with van der Waals surface area (Å²) in [5, 5.41) is 8.86. The maximum absolute atomic E-state index is 12.8. The monoisotopic (exact) mass is 327 g/mol. The van der Waals surface area contributed by atoms with Crippen LogP contribution in [0.25, 0.3) is 0 Å². The number of rotatable bonds is 2. The molecule has 4 nitrogen and oxygen atoms in total. The van der Waals surface area contributed by atoms with E-state index in [1.165, 1.54) is 12.1 Å².